The molecule has 0 rings (SSSR count). The van der Waals surface area contributed by atoms with E-state index in [1.807, 2.05) is 6.56 Å². The van der Waals surface area contributed by atoms with E-state index in [0.29, 0.717) is 0 Å². The molecule has 0 saturated carbocycles. The first-order chi connectivity index (χ1) is 2.41. The van der Waals surface area contributed by atoms with E-state index in [2.05, 4.69) is 19.4 Å². The first kappa shape index (κ1) is 5.41. The van der Waals surface area contributed by atoms with Gasteiger partial charge in [0.15, 0.2) is 6.56 Å². The van der Waals surface area contributed by atoms with E-state index < -0.39 is 0 Å². The SMILES string of the molecule is CCC[B]S. The second kappa shape index (κ2) is 4.41. The Bertz CT molecular complexity index is 14.4. The van der Waals surface area contributed by atoms with Crippen LogP contribution in [0.25, 0.3) is 0 Å². The zero-order chi connectivity index (χ0) is 4.12. The number of hydrogen-bond acceptors (Lipinski definition) is 1. The zero-order valence-corrected chi connectivity index (χ0v) is 4.33. The summed E-state index contributed by atoms with van der Waals surface area (Å²) in [7, 11) is 0. The van der Waals surface area contributed by atoms with Crippen LogP contribution in [0, 0.1) is 0 Å². The molecule has 0 aliphatic carbocycles. The van der Waals surface area contributed by atoms with E-state index in [4.69, 9.17) is 0 Å². The quantitative estimate of drug-likeness (QED) is 0.381. The lowest BCUT2D eigenvalue weighted by atomic mass is 10.0. The molecule has 0 N–H and O–H groups in total. The average molecular weight is 87.0 g/mol. The Balaban J connectivity index is 2.19. The Morgan fingerprint density at radius 3 is 2.40 bits per heavy atom. The largest absolute Gasteiger partial charge is 0.235 e. The highest BCUT2D eigenvalue weighted by Gasteiger charge is 1.72. The summed E-state index contributed by atoms with van der Waals surface area (Å²) in [4.78, 5) is 0. The van der Waals surface area contributed by atoms with Gasteiger partial charge in [-0.05, 0) is 0 Å². The highest BCUT2D eigenvalue weighted by Crippen LogP contribution is 1.84. The monoisotopic (exact) mass is 87.0 g/mol. The summed E-state index contributed by atoms with van der Waals surface area (Å²) in [6.45, 7) is 4.01. The Kier molecular flexibility index (Phi) is 4.78. The third kappa shape index (κ3) is 4.41. The first-order valence-electron chi connectivity index (χ1n) is 1.87. The van der Waals surface area contributed by atoms with Gasteiger partial charge in [-0.15, -0.1) is 0 Å². The third-order valence-electron chi connectivity index (χ3n) is 0.418. The maximum absolute atomic E-state index is 3.88. The average Bonchev–Trinajstić information content (AvgIpc) is 1.41. The smallest absolute Gasteiger partial charge is 0.187 e. The molecule has 0 atom stereocenters. The molecule has 0 amide bonds. The van der Waals surface area contributed by atoms with E-state index >= 15 is 0 Å². The van der Waals surface area contributed by atoms with E-state index in [9.17, 15) is 0 Å². The Morgan fingerprint density at radius 1 is 1.80 bits per heavy atom. The van der Waals surface area contributed by atoms with Gasteiger partial charge in [0, 0.05) is 0 Å². The van der Waals surface area contributed by atoms with Gasteiger partial charge in [-0.25, -0.2) is 12.5 Å². The van der Waals surface area contributed by atoms with Crippen LogP contribution in [-0.4, -0.2) is 6.56 Å². The zero-order valence-electron chi connectivity index (χ0n) is 3.44. The van der Waals surface area contributed by atoms with Crippen molar-refractivity contribution in [2.75, 3.05) is 0 Å². The van der Waals surface area contributed by atoms with Crippen molar-refractivity contribution in [1.29, 1.82) is 0 Å². The third-order valence-corrected chi connectivity index (χ3v) is 0.676. The van der Waals surface area contributed by atoms with Gasteiger partial charge in [-0.2, -0.15) is 0 Å². The van der Waals surface area contributed by atoms with E-state index in [0.717, 1.165) is 6.32 Å². The normalized spacial score (nSPS) is 7.60. The maximum atomic E-state index is 3.88. The van der Waals surface area contributed by atoms with Gasteiger partial charge in [-0.1, -0.05) is 19.7 Å². The summed E-state index contributed by atoms with van der Waals surface area (Å²) in [5.41, 5.74) is 0. The molecule has 0 aliphatic heterocycles. The highest BCUT2D eigenvalue weighted by molar-refractivity contribution is 8.06. The molecule has 0 aromatic rings. The lowest BCUT2D eigenvalue weighted by Crippen LogP contribution is -1.69. The van der Waals surface area contributed by atoms with Crippen LogP contribution in [0.1, 0.15) is 13.3 Å². The van der Waals surface area contributed by atoms with Crippen LogP contribution in [0.5, 0.6) is 0 Å². The predicted octanol–water partition coefficient (Wildman–Crippen LogP) is 1.36. The molecule has 1 radical (unpaired) electrons. The topological polar surface area (TPSA) is 0 Å². The fraction of sp³-hybridized carbons (Fsp3) is 1.00. The molecule has 5 heavy (non-hydrogen) atoms. The van der Waals surface area contributed by atoms with Crippen LogP contribution in [0.4, 0.5) is 0 Å². The van der Waals surface area contributed by atoms with E-state index in [-0.39, 0.29) is 0 Å². The van der Waals surface area contributed by atoms with Gasteiger partial charge < -0.3 is 0 Å². The number of hydrogen-bond donors (Lipinski definition) is 1. The van der Waals surface area contributed by atoms with Crippen LogP contribution < -0.4 is 0 Å². The van der Waals surface area contributed by atoms with Gasteiger partial charge in [0.05, 0.1) is 0 Å². The molecule has 0 spiro atoms. The lowest BCUT2D eigenvalue weighted by Gasteiger charge is -1.75. The van der Waals surface area contributed by atoms with Gasteiger partial charge in [-0.3, -0.25) is 0 Å². The van der Waals surface area contributed by atoms with Gasteiger partial charge in [0.2, 0.25) is 0 Å². The van der Waals surface area contributed by atoms with Gasteiger partial charge in [0.1, 0.15) is 0 Å². The van der Waals surface area contributed by atoms with Gasteiger partial charge in [0.25, 0.3) is 0 Å². The lowest BCUT2D eigenvalue weighted by molar-refractivity contribution is 1.08. The minimum Gasteiger partial charge on any atom is -0.235 e. The van der Waals surface area contributed by atoms with Crippen LogP contribution in [0.3, 0.4) is 0 Å². The van der Waals surface area contributed by atoms with E-state index in [1.165, 1.54) is 6.42 Å². The molecule has 29 valence electrons. The second-order valence-electron chi connectivity index (χ2n) is 0.971. The Labute approximate surface area is 39.5 Å². The van der Waals surface area contributed by atoms with Gasteiger partial charge >= 0.3 is 0 Å². The summed E-state index contributed by atoms with van der Waals surface area (Å²) < 4.78 is 0. The van der Waals surface area contributed by atoms with Crippen LogP contribution in [-0.2, 0) is 0 Å². The fourth-order valence-electron chi connectivity index (χ4n) is 0.129. The molecule has 0 heterocycles. The van der Waals surface area contributed by atoms with Crippen molar-refractivity contribution in [3.63, 3.8) is 0 Å². The van der Waals surface area contributed by atoms with Crippen molar-refractivity contribution in [3.8, 4) is 0 Å². The molecule has 0 nitrogen and oxygen atoms in total. The number of thiol groups is 1. The van der Waals surface area contributed by atoms with Crippen molar-refractivity contribution in [1.82, 2.24) is 0 Å². The summed E-state index contributed by atoms with van der Waals surface area (Å²) >= 11 is 3.88. The molecule has 0 bridgehead atoms. The standard InChI is InChI=1S/C3H8BS/c1-2-3-4-5/h5H,2-3H2,1H3. The molecule has 2 heteroatoms. The molecule has 0 unspecified atom stereocenters. The molecule has 0 saturated heterocycles. The predicted molar refractivity (Wildman–Crippen MR) is 29.8 cm³/mol. The van der Waals surface area contributed by atoms with Crippen molar-refractivity contribution in [2.45, 2.75) is 19.7 Å². The first-order valence-corrected chi connectivity index (χ1v) is 2.39. The van der Waals surface area contributed by atoms with Crippen LogP contribution >= 0.6 is 12.5 Å². The van der Waals surface area contributed by atoms with Crippen molar-refractivity contribution in [2.24, 2.45) is 0 Å². The van der Waals surface area contributed by atoms with Crippen molar-refractivity contribution < 1.29 is 0 Å². The number of rotatable bonds is 2. The molecule has 0 aromatic heterocycles. The summed E-state index contributed by atoms with van der Waals surface area (Å²) in [5, 5.41) is 0. The molecule has 0 aliphatic rings. The Hall–Kier alpha value is 0.415. The maximum Gasteiger partial charge on any atom is 0.187 e. The molecule has 0 aromatic carbocycles. The molecular formula is C3H8BS. The Morgan fingerprint density at radius 2 is 2.40 bits per heavy atom. The van der Waals surface area contributed by atoms with Crippen LogP contribution in [0.2, 0.25) is 6.32 Å². The molecular weight excluding hydrogens is 78.9 g/mol. The van der Waals surface area contributed by atoms with Crippen LogP contribution in [0.15, 0.2) is 0 Å². The van der Waals surface area contributed by atoms with Crippen molar-refractivity contribution in [3.05, 3.63) is 0 Å². The summed E-state index contributed by atoms with van der Waals surface area (Å²) in [6, 6.07) is 0. The summed E-state index contributed by atoms with van der Waals surface area (Å²) in [5.74, 6) is 0. The minimum absolute atomic E-state index is 1.13. The van der Waals surface area contributed by atoms with Crippen molar-refractivity contribution >= 4 is 19.0 Å². The minimum atomic E-state index is 1.13. The van der Waals surface area contributed by atoms with E-state index in [1.54, 1.807) is 0 Å². The second-order valence-corrected chi connectivity index (χ2v) is 1.34. The fourth-order valence-corrected chi connectivity index (χ4v) is 0.387. The highest BCUT2D eigenvalue weighted by atomic mass is 32.1. The molecule has 0 fully saturated rings. The summed E-state index contributed by atoms with van der Waals surface area (Å²) in [6.07, 6.45) is 2.34.